The third-order valence-electron chi connectivity index (χ3n) is 8.87. The fourth-order valence-corrected chi connectivity index (χ4v) is 6.50. The van der Waals surface area contributed by atoms with E-state index >= 15 is 0 Å². The summed E-state index contributed by atoms with van der Waals surface area (Å²) in [5, 5.41) is 18.3. The van der Waals surface area contributed by atoms with E-state index < -0.39 is 0 Å². The fourth-order valence-electron chi connectivity index (χ4n) is 6.50. The smallest absolute Gasteiger partial charge is 0.151 e. The number of aryl methyl sites for hydroxylation is 1. The van der Waals surface area contributed by atoms with E-state index in [1.807, 2.05) is 6.20 Å². The highest BCUT2D eigenvalue weighted by molar-refractivity contribution is 5.96. The second kappa shape index (κ2) is 10.7. The first-order valence-corrected chi connectivity index (χ1v) is 14.3. The third kappa shape index (κ3) is 5.09. The van der Waals surface area contributed by atoms with E-state index in [2.05, 4.69) is 45.0 Å². The van der Waals surface area contributed by atoms with E-state index in [-0.39, 0.29) is 12.1 Å². The Morgan fingerprint density at radius 1 is 0.974 bits per heavy atom. The van der Waals surface area contributed by atoms with Crippen molar-refractivity contribution < 1.29 is 5.11 Å². The Balaban J connectivity index is 1.22. The summed E-state index contributed by atoms with van der Waals surface area (Å²) in [6, 6.07) is 1.34. The van der Waals surface area contributed by atoms with Gasteiger partial charge in [-0.25, -0.2) is 15.0 Å². The van der Waals surface area contributed by atoms with Gasteiger partial charge in [-0.05, 0) is 71.5 Å². The van der Waals surface area contributed by atoms with E-state index in [0.717, 1.165) is 85.8 Å². The first-order valence-electron chi connectivity index (χ1n) is 14.3. The fraction of sp³-hybridized carbons (Fsp3) is 0.643. The molecule has 4 N–H and O–H groups in total. The highest BCUT2D eigenvalue weighted by Gasteiger charge is 2.29. The first-order chi connectivity index (χ1) is 18.5. The Kier molecular flexibility index (Phi) is 7.20. The number of nitrogens with one attached hydrogen (secondary N) is 1. The number of hydrogen-bond donors (Lipinski definition) is 3. The molecule has 0 aromatic carbocycles. The van der Waals surface area contributed by atoms with Gasteiger partial charge in [-0.1, -0.05) is 6.92 Å². The Morgan fingerprint density at radius 3 is 2.45 bits per heavy atom. The van der Waals surface area contributed by atoms with E-state index in [1.54, 1.807) is 6.20 Å². The number of nitrogens with zero attached hydrogens (tertiary/aromatic N) is 7. The molecule has 6 rings (SSSR count). The van der Waals surface area contributed by atoms with Crippen LogP contribution >= 0.6 is 0 Å². The predicted molar refractivity (Wildman–Crippen MR) is 150 cm³/mol. The predicted octanol–water partition coefficient (Wildman–Crippen LogP) is 3.09. The molecule has 10 nitrogen and oxygen atoms in total. The zero-order valence-electron chi connectivity index (χ0n) is 22.7. The molecule has 204 valence electrons. The largest absolute Gasteiger partial charge is 0.393 e. The number of piperidine rings is 2. The summed E-state index contributed by atoms with van der Waals surface area (Å²) in [7, 11) is 2.23. The molecule has 2 saturated heterocycles. The van der Waals surface area contributed by atoms with Crippen LogP contribution in [0.2, 0.25) is 0 Å². The molecule has 2 unspecified atom stereocenters. The average molecular weight is 520 g/mol. The van der Waals surface area contributed by atoms with Crippen molar-refractivity contribution in [1.29, 1.82) is 0 Å². The summed E-state index contributed by atoms with van der Waals surface area (Å²) in [6.45, 7) is 6.76. The van der Waals surface area contributed by atoms with Gasteiger partial charge in [0.1, 0.15) is 16.9 Å². The summed E-state index contributed by atoms with van der Waals surface area (Å²) in [6.07, 6.45) is 13.6. The second-order valence-electron chi connectivity index (χ2n) is 11.4. The Morgan fingerprint density at radius 2 is 1.74 bits per heavy atom. The van der Waals surface area contributed by atoms with Crippen LogP contribution in [0.3, 0.4) is 0 Å². The Labute approximate surface area is 224 Å². The van der Waals surface area contributed by atoms with Crippen LogP contribution in [0.25, 0.3) is 22.2 Å². The van der Waals surface area contributed by atoms with Gasteiger partial charge in [-0.3, -0.25) is 4.68 Å². The lowest BCUT2D eigenvalue weighted by Gasteiger charge is -2.41. The molecule has 3 fully saturated rings. The minimum absolute atomic E-state index is 0.202. The standard InChI is InChI=1S/C28H41N9O/c1-3-24-28(32-19-4-5-22(38)14-19)34-25-23(16-30-27(29)26(25)33-24)18-15-31-37(17-18)21-8-12-36(13-9-21)20-6-10-35(2)11-7-20/h15-17,19-22,38H,3-14H2,1-2H3,(H2,29,30)(H,32,34). The van der Waals surface area contributed by atoms with Crippen LogP contribution in [0.5, 0.6) is 0 Å². The van der Waals surface area contributed by atoms with Crippen molar-refractivity contribution in [2.75, 3.05) is 44.3 Å². The van der Waals surface area contributed by atoms with Gasteiger partial charge >= 0.3 is 0 Å². The summed E-state index contributed by atoms with van der Waals surface area (Å²) >= 11 is 0. The number of fused-ring (bicyclic) bond motifs is 1. The van der Waals surface area contributed by atoms with Gasteiger partial charge in [-0.2, -0.15) is 5.10 Å². The molecule has 3 aliphatic rings. The number of anilines is 2. The lowest BCUT2D eigenvalue weighted by Crippen LogP contribution is -2.47. The lowest BCUT2D eigenvalue weighted by molar-refractivity contribution is 0.0851. The van der Waals surface area contributed by atoms with E-state index in [4.69, 9.17) is 20.8 Å². The molecule has 0 radical (unpaired) electrons. The van der Waals surface area contributed by atoms with Crippen molar-refractivity contribution in [3.63, 3.8) is 0 Å². The van der Waals surface area contributed by atoms with Crippen molar-refractivity contribution in [2.24, 2.45) is 0 Å². The molecule has 0 bridgehead atoms. The van der Waals surface area contributed by atoms with Crippen molar-refractivity contribution in [3.8, 4) is 11.1 Å². The number of likely N-dealkylation sites (tertiary alicyclic amines) is 2. The van der Waals surface area contributed by atoms with Crippen LogP contribution in [0.1, 0.15) is 63.6 Å². The van der Waals surface area contributed by atoms with Gasteiger partial charge in [0.05, 0.1) is 24.0 Å². The van der Waals surface area contributed by atoms with E-state index in [9.17, 15) is 5.11 Å². The SMILES string of the molecule is CCc1nc2c(N)ncc(-c3cnn(C4CCN(C5CCN(C)CC5)CC4)c3)c2nc1NC1CCC(O)C1. The molecular formula is C28H41N9O. The van der Waals surface area contributed by atoms with Gasteiger partial charge in [0, 0.05) is 48.7 Å². The van der Waals surface area contributed by atoms with E-state index in [0.29, 0.717) is 17.4 Å². The first kappa shape index (κ1) is 25.5. The zero-order chi connectivity index (χ0) is 26.2. The Bertz CT molecular complexity index is 1260. The summed E-state index contributed by atoms with van der Waals surface area (Å²) in [5.41, 5.74) is 10.4. The van der Waals surface area contributed by atoms with Gasteiger partial charge < -0.3 is 26.0 Å². The van der Waals surface area contributed by atoms with Crippen LogP contribution in [0, 0.1) is 0 Å². The van der Waals surface area contributed by atoms with Crippen LogP contribution < -0.4 is 11.1 Å². The number of rotatable bonds is 6. The highest BCUT2D eigenvalue weighted by atomic mass is 16.3. The molecule has 2 aliphatic heterocycles. The molecule has 10 heteroatoms. The summed E-state index contributed by atoms with van der Waals surface area (Å²) in [5.74, 6) is 1.17. The maximum Gasteiger partial charge on any atom is 0.151 e. The topological polar surface area (TPSA) is 121 Å². The number of aromatic nitrogens is 5. The number of nitrogen functional groups attached to an aromatic ring is 1. The van der Waals surface area contributed by atoms with Crippen molar-refractivity contribution in [2.45, 2.75) is 82.5 Å². The molecule has 1 saturated carbocycles. The maximum absolute atomic E-state index is 9.99. The quantitative estimate of drug-likeness (QED) is 0.451. The molecule has 0 spiro atoms. The summed E-state index contributed by atoms with van der Waals surface area (Å²) < 4.78 is 2.14. The van der Waals surface area contributed by atoms with Crippen molar-refractivity contribution >= 4 is 22.7 Å². The molecule has 3 aromatic heterocycles. The summed E-state index contributed by atoms with van der Waals surface area (Å²) in [4.78, 5) is 19.5. The third-order valence-corrected chi connectivity index (χ3v) is 8.87. The van der Waals surface area contributed by atoms with Gasteiger partial charge in [0.2, 0.25) is 0 Å². The van der Waals surface area contributed by atoms with Crippen LogP contribution in [0.15, 0.2) is 18.6 Å². The Hall–Kier alpha value is -2.82. The number of nitrogens with two attached hydrogens (primary N) is 1. The van der Waals surface area contributed by atoms with Gasteiger partial charge in [-0.15, -0.1) is 0 Å². The monoisotopic (exact) mass is 519 g/mol. The molecule has 0 amide bonds. The van der Waals surface area contributed by atoms with Crippen LogP contribution in [0.4, 0.5) is 11.6 Å². The van der Waals surface area contributed by atoms with Crippen LogP contribution in [-0.4, -0.2) is 91.1 Å². The number of aliphatic hydroxyl groups is 1. The molecule has 38 heavy (non-hydrogen) atoms. The van der Waals surface area contributed by atoms with Crippen molar-refractivity contribution in [3.05, 3.63) is 24.3 Å². The lowest BCUT2D eigenvalue weighted by atomic mass is 9.98. The number of aliphatic hydroxyl groups excluding tert-OH is 1. The van der Waals surface area contributed by atoms with Gasteiger partial charge in [0.15, 0.2) is 5.82 Å². The maximum atomic E-state index is 9.99. The molecule has 5 heterocycles. The van der Waals surface area contributed by atoms with Crippen molar-refractivity contribution in [1.82, 2.24) is 34.5 Å². The molecule has 1 aliphatic carbocycles. The van der Waals surface area contributed by atoms with Gasteiger partial charge in [0.25, 0.3) is 0 Å². The normalized spacial score (nSPS) is 24.4. The number of pyridine rings is 1. The average Bonchev–Trinajstić information content (AvgIpc) is 3.58. The number of hydrogen-bond acceptors (Lipinski definition) is 9. The van der Waals surface area contributed by atoms with E-state index in [1.165, 1.54) is 25.9 Å². The molecular weight excluding hydrogens is 478 g/mol. The molecule has 3 aromatic rings. The minimum atomic E-state index is -0.247. The second-order valence-corrected chi connectivity index (χ2v) is 11.4. The molecule has 2 atom stereocenters. The minimum Gasteiger partial charge on any atom is -0.393 e. The zero-order valence-corrected chi connectivity index (χ0v) is 22.7. The highest BCUT2D eigenvalue weighted by Crippen LogP contribution is 2.33. The van der Waals surface area contributed by atoms with Crippen LogP contribution in [-0.2, 0) is 6.42 Å².